The van der Waals surface area contributed by atoms with Crippen molar-refractivity contribution in [2.24, 2.45) is 5.92 Å². The van der Waals surface area contributed by atoms with Gasteiger partial charge < -0.3 is 9.64 Å². The highest BCUT2D eigenvalue weighted by Crippen LogP contribution is 2.32. The van der Waals surface area contributed by atoms with Crippen LogP contribution in [0.5, 0.6) is 5.75 Å². The molecular formula is C16H24Cl2NO+. The van der Waals surface area contributed by atoms with Crippen molar-refractivity contribution in [3.8, 4) is 5.75 Å². The van der Waals surface area contributed by atoms with E-state index in [1.807, 2.05) is 18.2 Å². The molecule has 112 valence electrons. The summed E-state index contributed by atoms with van der Waals surface area (Å²) in [6.07, 6.45) is 5.01. The third-order valence-electron chi connectivity index (χ3n) is 4.07. The summed E-state index contributed by atoms with van der Waals surface area (Å²) in [5.41, 5.74) is 0. The Morgan fingerprint density at radius 2 is 1.80 bits per heavy atom. The molecule has 0 aliphatic carbocycles. The van der Waals surface area contributed by atoms with Crippen molar-refractivity contribution < 1.29 is 9.64 Å². The van der Waals surface area contributed by atoms with Gasteiger partial charge >= 0.3 is 0 Å². The second-order valence-corrected chi connectivity index (χ2v) is 6.60. The van der Waals surface area contributed by atoms with E-state index in [1.54, 1.807) is 4.90 Å². The minimum absolute atomic E-state index is 0.591. The highest BCUT2D eigenvalue weighted by molar-refractivity contribution is 6.37. The third-order valence-corrected chi connectivity index (χ3v) is 4.67. The zero-order valence-electron chi connectivity index (χ0n) is 12.1. The van der Waals surface area contributed by atoms with Gasteiger partial charge in [0.05, 0.1) is 36.3 Å². The van der Waals surface area contributed by atoms with Crippen LogP contribution in [0.1, 0.15) is 32.6 Å². The van der Waals surface area contributed by atoms with E-state index < -0.39 is 0 Å². The number of unbranched alkanes of at least 4 members (excludes halogenated alkanes) is 1. The lowest BCUT2D eigenvalue weighted by atomic mass is 9.99. The summed E-state index contributed by atoms with van der Waals surface area (Å²) < 4.78 is 5.70. The van der Waals surface area contributed by atoms with Crippen LogP contribution in [0.25, 0.3) is 0 Å². The van der Waals surface area contributed by atoms with E-state index in [0.29, 0.717) is 22.4 Å². The summed E-state index contributed by atoms with van der Waals surface area (Å²) in [4.78, 5) is 1.75. The molecule has 2 rings (SSSR count). The fourth-order valence-corrected chi connectivity index (χ4v) is 3.20. The van der Waals surface area contributed by atoms with E-state index in [-0.39, 0.29) is 0 Å². The first kappa shape index (κ1) is 15.9. The number of halogens is 2. The molecule has 0 unspecified atom stereocenters. The molecule has 1 aliphatic rings. The van der Waals surface area contributed by atoms with Crippen molar-refractivity contribution in [3.05, 3.63) is 28.2 Å². The molecule has 0 aromatic heterocycles. The van der Waals surface area contributed by atoms with Crippen molar-refractivity contribution >= 4 is 23.2 Å². The van der Waals surface area contributed by atoms with E-state index >= 15 is 0 Å². The molecule has 1 saturated heterocycles. The van der Waals surface area contributed by atoms with Gasteiger partial charge in [0.2, 0.25) is 0 Å². The van der Waals surface area contributed by atoms with Crippen LogP contribution >= 0.6 is 23.2 Å². The molecular weight excluding hydrogens is 293 g/mol. The number of piperidine rings is 1. The van der Waals surface area contributed by atoms with Crippen LogP contribution in [0.2, 0.25) is 10.0 Å². The van der Waals surface area contributed by atoms with Crippen LogP contribution in [-0.4, -0.2) is 26.2 Å². The summed E-state index contributed by atoms with van der Waals surface area (Å²) in [7, 11) is 0. The smallest absolute Gasteiger partial charge is 0.156 e. The molecule has 1 aliphatic heterocycles. The Morgan fingerprint density at radius 3 is 2.45 bits per heavy atom. The molecule has 1 aromatic carbocycles. The lowest BCUT2D eigenvalue weighted by Crippen LogP contribution is -3.13. The minimum Gasteiger partial charge on any atom is -0.490 e. The molecule has 4 heteroatoms. The molecule has 20 heavy (non-hydrogen) atoms. The van der Waals surface area contributed by atoms with E-state index in [1.165, 1.54) is 38.9 Å². The molecule has 1 heterocycles. The van der Waals surface area contributed by atoms with E-state index in [9.17, 15) is 0 Å². The van der Waals surface area contributed by atoms with Crippen LogP contribution in [0, 0.1) is 5.92 Å². The van der Waals surface area contributed by atoms with Crippen molar-refractivity contribution in [3.63, 3.8) is 0 Å². The first-order valence-corrected chi connectivity index (χ1v) is 8.33. The zero-order valence-corrected chi connectivity index (χ0v) is 13.6. The summed E-state index contributed by atoms with van der Waals surface area (Å²) in [5, 5.41) is 1.18. The molecule has 1 fully saturated rings. The van der Waals surface area contributed by atoms with Gasteiger partial charge in [-0.15, -0.1) is 0 Å². The standard InChI is InChI=1S/C16H23Cl2NO/c1-13-7-10-19(11-8-13)9-2-3-12-20-16-14(17)5-4-6-15(16)18/h4-6,13H,2-3,7-12H2,1H3/p+1. The highest BCUT2D eigenvalue weighted by Gasteiger charge is 2.17. The van der Waals surface area contributed by atoms with Crippen molar-refractivity contribution in [2.45, 2.75) is 32.6 Å². The van der Waals surface area contributed by atoms with Gasteiger partial charge in [-0.3, -0.25) is 0 Å². The maximum Gasteiger partial charge on any atom is 0.156 e. The Labute approximate surface area is 132 Å². The van der Waals surface area contributed by atoms with Crippen molar-refractivity contribution in [2.75, 3.05) is 26.2 Å². The van der Waals surface area contributed by atoms with Gasteiger partial charge in [0.1, 0.15) is 0 Å². The minimum atomic E-state index is 0.591. The molecule has 0 radical (unpaired) electrons. The lowest BCUT2D eigenvalue weighted by molar-refractivity contribution is -0.906. The highest BCUT2D eigenvalue weighted by atomic mass is 35.5. The molecule has 0 saturated carbocycles. The molecule has 1 N–H and O–H groups in total. The predicted octanol–water partition coefficient (Wildman–Crippen LogP) is 3.47. The van der Waals surface area contributed by atoms with Gasteiger partial charge in [0, 0.05) is 0 Å². The number of para-hydroxylation sites is 1. The molecule has 1 aromatic rings. The topological polar surface area (TPSA) is 13.7 Å². The van der Waals surface area contributed by atoms with Gasteiger partial charge in [-0.05, 0) is 43.7 Å². The average Bonchev–Trinajstić information content (AvgIpc) is 2.43. The normalized spacial score (nSPS) is 22.8. The number of quaternary nitrogens is 1. The maximum absolute atomic E-state index is 6.06. The third kappa shape index (κ3) is 4.83. The fourth-order valence-electron chi connectivity index (χ4n) is 2.69. The number of likely N-dealkylation sites (tertiary alicyclic amines) is 1. The second kappa shape index (κ2) is 8.11. The quantitative estimate of drug-likeness (QED) is 0.793. The maximum atomic E-state index is 6.06. The number of rotatable bonds is 6. The van der Waals surface area contributed by atoms with Crippen molar-refractivity contribution in [1.82, 2.24) is 0 Å². The molecule has 2 nitrogen and oxygen atoms in total. The Hall–Kier alpha value is -0.440. The Bertz CT molecular complexity index is 397. The van der Waals surface area contributed by atoms with Gasteiger partial charge in [-0.25, -0.2) is 0 Å². The molecule has 0 bridgehead atoms. The Balaban J connectivity index is 1.62. The number of ether oxygens (including phenoxy) is 1. The van der Waals surface area contributed by atoms with Gasteiger partial charge in [-0.1, -0.05) is 36.2 Å². The van der Waals surface area contributed by atoms with Gasteiger partial charge in [0.15, 0.2) is 5.75 Å². The van der Waals surface area contributed by atoms with Crippen LogP contribution in [0.4, 0.5) is 0 Å². The molecule has 0 spiro atoms. The zero-order chi connectivity index (χ0) is 14.4. The van der Waals surface area contributed by atoms with Gasteiger partial charge in [0.25, 0.3) is 0 Å². The molecule has 0 amide bonds. The summed E-state index contributed by atoms with van der Waals surface area (Å²) in [6, 6.07) is 5.45. The average molecular weight is 317 g/mol. The largest absolute Gasteiger partial charge is 0.490 e. The first-order valence-electron chi connectivity index (χ1n) is 7.57. The van der Waals surface area contributed by atoms with E-state index in [0.717, 1.165) is 12.3 Å². The van der Waals surface area contributed by atoms with E-state index in [2.05, 4.69) is 6.92 Å². The van der Waals surface area contributed by atoms with Crippen LogP contribution < -0.4 is 9.64 Å². The van der Waals surface area contributed by atoms with Crippen LogP contribution in [0.3, 0.4) is 0 Å². The number of hydrogen-bond acceptors (Lipinski definition) is 1. The Morgan fingerprint density at radius 1 is 1.15 bits per heavy atom. The fraction of sp³-hybridized carbons (Fsp3) is 0.625. The van der Waals surface area contributed by atoms with E-state index in [4.69, 9.17) is 27.9 Å². The summed E-state index contributed by atoms with van der Waals surface area (Å²) in [5.74, 6) is 1.54. The van der Waals surface area contributed by atoms with Gasteiger partial charge in [-0.2, -0.15) is 0 Å². The first-order chi connectivity index (χ1) is 9.66. The Kier molecular flexibility index (Phi) is 6.47. The number of benzene rings is 1. The monoisotopic (exact) mass is 316 g/mol. The molecule has 0 atom stereocenters. The SMILES string of the molecule is CC1CC[NH+](CCCCOc2c(Cl)cccc2Cl)CC1. The number of nitrogens with one attached hydrogen (secondary N) is 1. The summed E-state index contributed by atoms with van der Waals surface area (Å²) >= 11 is 12.1. The number of hydrogen-bond donors (Lipinski definition) is 1. The second-order valence-electron chi connectivity index (χ2n) is 5.79. The summed E-state index contributed by atoms with van der Waals surface area (Å²) in [6.45, 7) is 6.97. The van der Waals surface area contributed by atoms with Crippen LogP contribution in [0.15, 0.2) is 18.2 Å². The lowest BCUT2D eigenvalue weighted by Gasteiger charge is -2.27. The predicted molar refractivity (Wildman–Crippen MR) is 85.2 cm³/mol. The van der Waals surface area contributed by atoms with Crippen molar-refractivity contribution in [1.29, 1.82) is 0 Å². The van der Waals surface area contributed by atoms with Crippen LogP contribution in [-0.2, 0) is 0 Å².